The van der Waals surface area contributed by atoms with Gasteiger partial charge in [-0.05, 0) is 17.0 Å². The highest BCUT2D eigenvalue weighted by Gasteiger charge is 2.17. The Hall–Kier alpha value is -1.84. The van der Waals surface area contributed by atoms with Crippen molar-refractivity contribution < 1.29 is 0 Å². The van der Waals surface area contributed by atoms with E-state index in [-0.39, 0.29) is 5.41 Å². The number of aryl methyl sites for hydroxylation is 1. The van der Waals surface area contributed by atoms with Crippen molar-refractivity contribution in [3.63, 3.8) is 0 Å². The molecule has 0 bridgehead atoms. The molecule has 1 aromatic carbocycles. The Morgan fingerprint density at radius 1 is 1.22 bits per heavy atom. The standard InChI is InChI=1S/C14H20N4/c1-14(2,3)12-7-5-6-8-13(12)15-9-11-10-16-17-18(11)4/h5-8,10,15H,9H2,1-4H3. The third-order valence-electron chi connectivity index (χ3n) is 3.00. The van der Waals surface area contributed by atoms with Crippen LogP contribution in [0.4, 0.5) is 5.69 Å². The van der Waals surface area contributed by atoms with Crippen molar-refractivity contribution in [2.24, 2.45) is 7.05 Å². The van der Waals surface area contributed by atoms with Crippen molar-refractivity contribution >= 4 is 5.69 Å². The van der Waals surface area contributed by atoms with Gasteiger partial charge in [0.2, 0.25) is 0 Å². The van der Waals surface area contributed by atoms with Gasteiger partial charge in [-0.25, -0.2) is 0 Å². The van der Waals surface area contributed by atoms with Gasteiger partial charge < -0.3 is 5.32 Å². The highest BCUT2D eigenvalue weighted by molar-refractivity contribution is 5.54. The van der Waals surface area contributed by atoms with Gasteiger partial charge in [-0.15, -0.1) is 5.10 Å². The molecule has 2 aromatic rings. The van der Waals surface area contributed by atoms with Gasteiger partial charge >= 0.3 is 0 Å². The van der Waals surface area contributed by atoms with Crippen molar-refractivity contribution in [3.8, 4) is 0 Å². The predicted molar refractivity (Wildman–Crippen MR) is 73.5 cm³/mol. The lowest BCUT2D eigenvalue weighted by molar-refractivity contribution is 0.591. The Morgan fingerprint density at radius 3 is 2.56 bits per heavy atom. The van der Waals surface area contributed by atoms with Gasteiger partial charge in [0.1, 0.15) is 0 Å². The van der Waals surface area contributed by atoms with Gasteiger partial charge in [-0.2, -0.15) is 0 Å². The molecular weight excluding hydrogens is 224 g/mol. The summed E-state index contributed by atoms with van der Waals surface area (Å²) in [5.74, 6) is 0. The Balaban J connectivity index is 2.17. The van der Waals surface area contributed by atoms with Crippen LogP contribution >= 0.6 is 0 Å². The van der Waals surface area contributed by atoms with Crippen molar-refractivity contribution in [2.45, 2.75) is 32.7 Å². The fourth-order valence-electron chi connectivity index (χ4n) is 1.95. The van der Waals surface area contributed by atoms with Crippen LogP contribution in [0.5, 0.6) is 0 Å². The van der Waals surface area contributed by atoms with E-state index in [1.165, 1.54) is 11.3 Å². The molecule has 0 spiro atoms. The predicted octanol–water partition coefficient (Wildman–Crippen LogP) is 2.72. The lowest BCUT2D eigenvalue weighted by Crippen LogP contribution is -2.15. The summed E-state index contributed by atoms with van der Waals surface area (Å²) in [6.07, 6.45) is 1.78. The van der Waals surface area contributed by atoms with Crippen LogP contribution in [0.2, 0.25) is 0 Å². The van der Waals surface area contributed by atoms with E-state index >= 15 is 0 Å². The fourth-order valence-corrected chi connectivity index (χ4v) is 1.95. The minimum Gasteiger partial charge on any atom is -0.379 e. The first-order valence-electron chi connectivity index (χ1n) is 6.15. The Kier molecular flexibility index (Phi) is 3.36. The van der Waals surface area contributed by atoms with Crippen LogP contribution in [0, 0.1) is 0 Å². The number of aromatic nitrogens is 3. The molecule has 0 amide bonds. The molecule has 4 heteroatoms. The van der Waals surface area contributed by atoms with E-state index in [1.54, 1.807) is 10.9 Å². The van der Waals surface area contributed by atoms with E-state index < -0.39 is 0 Å². The zero-order valence-corrected chi connectivity index (χ0v) is 11.4. The molecule has 4 nitrogen and oxygen atoms in total. The van der Waals surface area contributed by atoms with Crippen molar-refractivity contribution in [1.82, 2.24) is 15.0 Å². The molecule has 0 atom stereocenters. The van der Waals surface area contributed by atoms with Crippen LogP contribution in [-0.4, -0.2) is 15.0 Å². The maximum Gasteiger partial charge on any atom is 0.0774 e. The molecule has 0 aliphatic rings. The Morgan fingerprint density at radius 2 is 1.94 bits per heavy atom. The summed E-state index contributed by atoms with van der Waals surface area (Å²) in [4.78, 5) is 0. The van der Waals surface area contributed by atoms with E-state index in [9.17, 15) is 0 Å². The summed E-state index contributed by atoms with van der Waals surface area (Å²) in [5.41, 5.74) is 3.69. The molecule has 0 saturated carbocycles. The third-order valence-corrected chi connectivity index (χ3v) is 3.00. The first-order valence-corrected chi connectivity index (χ1v) is 6.15. The molecule has 0 fully saturated rings. The molecule has 1 aromatic heterocycles. The molecule has 1 N–H and O–H groups in total. The van der Waals surface area contributed by atoms with Gasteiger partial charge in [-0.3, -0.25) is 4.68 Å². The SMILES string of the molecule is Cn1nncc1CNc1ccccc1C(C)(C)C. The molecule has 0 aliphatic heterocycles. The number of rotatable bonds is 3. The van der Waals surface area contributed by atoms with Gasteiger partial charge in [0.15, 0.2) is 0 Å². The smallest absolute Gasteiger partial charge is 0.0774 e. The summed E-state index contributed by atoms with van der Waals surface area (Å²) in [7, 11) is 1.90. The Labute approximate surface area is 108 Å². The first-order chi connectivity index (χ1) is 8.48. The Bertz CT molecular complexity index is 523. The zero-order valence-electron chi connectivity index (χ0n) is 11.4. The second-order valence-corrected chi connectivity index (χ2v) is 5.50. The molecule has 0 radical (unpaired) electrons. The van der Waals surface area contributed by atoms with Crippen LogP contribution in [0.3, 0.4) is 0 Å². The van der Waals surface area contributed by atoms with Crippen molar-refractivity contribution in [1.29, 1.82) is 0 Å². The van der Waals surface area contributed by atoms with Crippen LogP contribution < -0.4 is 5.32 Å². The summed E-state index contributed by atoms with van der Waals surface area (Å²) >= 11 is 0. The molecule has 2 rings (SSSR count). The maximum atomic E-state index is 3.93. The monoisotopic (exact) mass is 244 g/mol. The first kappa shape index (κ1) is 12.6. The molecule has 0 unspecified atom stereocenters. The topological polar surface area (TPSA) is 42.7 Å². The summed E-state index contributed by atoms with van der Waals surface area (Å²) < 4.78 is 1.78. The number of nitrogens with one attached hydrogen (secondary N) is 1. The molecule has 18 heavy (non-hydrogen) atoms. The van der Waals surface area contributed by atoms with Crippen LogP contribution in [0.1, 0.15) is 32.0 Å². The van der Waals surface area contributed by atoms with E-state index in [0.29, 0.717) is 0 Å². The van der Waals surface area contributed by atoms with E-state index in [0.717, 1.165) is 12.2 Å². The van der Waals surface area contributed by atoms with Gasteiger partial charge in [0.25, 0.3) is 0 Å². The van der Waals surface area contributed by atoms with Crippen molar-refractivity contribution in [2.75, 3.05) is 5.32 Å². The second kappa shape index (κ2) is 4.80. The van der Waals surface area contributed by atoms with Gasteiger partial charge in [0, 0.05) is 12.7 Å². The average molecular weight is 244 g/mol. The van der Waals surface area contributed by atoms with Crippen LogP contribution in [-0.2, 0) is 19.0 Å². The summed E-state index contributed by atoms with van der Waals surface area (Å²) in [5, 5.41) is 11.3. The van der Waals surface area contributed by atoms with E-state index in [1.807, 2.05) is 7.05 Å². The molecule has 1 heterocycles. The normalized spacial score (nSPS) is 11.6. The fraction of sp³-hybridized carbons (Fsp3) is 0.429. The highest BCUT2D eigenvalue weighted by Crippen LogP contribution is 2.29. The minimum atomic E-state index is 0.133. The van der Waals surface area contributed by atoms with Crippen LogP contribution in [0.15, 0.2) is 30.5 Å². The number of anilines is 1. The third kappa shape index (κ3) is 2.70. The minimum absolute atomic E-state index is 0.133. The lowest BCUT2D eigenvalue weighted by Gasteiger charge is -2.23. The molecule has 0 saturated heterocycles. The van der Waals surface area contributed by atoms with Gasteiger partial charge in [-0.1, -0.05) is 44.2 Å². The molecule has 0 aliphatic carbocycles. The number of benzene rings is 1. The number of para-hydroxylation sites is 1. The van der Waals surface area contributed by atoms with E-state index in [4.69, 9.17) is 0 Å². The zero-order chi connectivity index (χ0) is 13.2. The molecule has 96 valence electrons. The average Bonchev–Trinajstić information content (AvgIpc) is 2.71. The lowest BCUT2D eigenvalue weighted by atomic mass is 9.86. The molecular formula is C14H20N4. The van der Waals surface area contributed by atoms with Crippen molar-refractivity contribution in [3.05, 3.63) is 41.7 Å². The highest BCUT2D eigenvalue weighted by atomic mass is 15.4. The summed E-state index contributed by atoms with van der Waals surface area (Å²) in [6, 6.07) is 8.42. The largest absolute Gasteiger partial charge is 0.379 e. The summed E-state index contributed by atoms with van der Waals surface area (Å²) in [6.45, 7) is 7.40. The number of hydrogen-bond acceptors (Lipinski definition) is 3. The maximum absolute atomic E-state index is 3.93. The number of hydrogen-bond donors (Lipinski definition) is 1. The number of nitrogens with zero attached hydrogens (tertiary/aromatic N) is 3. The van der Waals surface area contributed by atoms with Gasteiger partial charge in [0.05, 0.1) is 18.4 Å². The second-order valence-electron chi connectivity index (χ2n) is 5.50. The quantitative estimate of drug-likeness (QED) is 0.902. The van der Waals surface area contributed by atoms with Crippen LogP contribution in [0.25, 0.3) is 0 Å². The van der Waals surface area contributed by atoms with E-state index in [2.05, 4.69) is 60.7 Å².